The molecule has 0 radical (unpaired) electrons. The van der Waals surface area contributed by atoms with Crippen molar-refractivity contribution in [2.45, 2.75) is 0 Å². The summed E-state index contributed by atoms with van der Waals surface area (Å²) >= 11 is 0. The highest BCUT2D eigenvalue weighted by Gasteiger charge is 2.10. The van der Waals surface area contributed by atoms with E-state index < -0.39 is 0 Å². The number of halogens is 2. The number of rotatable bonds is 2. The van der Waals surface area contributed by atoms with Crippen LogP contribution in [0.1, 0.15) is 0 Å². The van der Waals surface area contributed by atoms with Crippen molar-refractivity contribution in [3.8, 4) is 22.3 Å². The van der Waals surface area contributed by atoms with Gasteiger partial charge in [0, 0.05) is 11.1 Å². The van der Waals surface area contributed by atoms with Gasteiger partial charge in [0.1, 0.15) is 27.3 Å². The van der Waals surface area contributed by atoms with Crippen molar-refractivity contribution in [2.24, 2.45) is 0 Å². The first-order chi connectivity index (χ1) is 10.5. The summed E-state index contributed by atoms with van der Waals surface area (Å²) in [5.74, 6) is -0.677. The SMILES string of the molecule is Bc1ccc(-c2ccc(-c3ccc(B)cc3F)cc2F)cc1. The van der Waals surface area contributed by atoms with Crippen molar-refractivity contribution in [3.05, 3.63) is 72.3 Å². The Morgan fingerprint density at radius 3 is 1.68 bits per heavy atom. The Bertz CT molecular complexity index is 827. The van der Waals surface area contributed by atoms with E-state index in [0.29, 0.717) is 16.7 Å². The highest BCUT2D eigenvalue weighted by molar-refractivity contribution is 6.32. The fourth-order valence-electron chi connectivity index (χ4n) is 2.50. The molecule has 0 heterocycles. The second-order valence-corrected chi connectivity index (χ2v) is 5.54. The highest BCUT2D eigenvalue weighted by Crippen LogP contribution is 2.28. The van der Waals surface area contributed by atoms with Crippen LogP contribution in [-0.2, 0) is 0 Å². The zero-order valence-corrected chi connectivity index (χ0v) is 12.5. The Kier molecular flexibility index (Phi) is 3.84. The van der Waals surface area contributed by atoms with Crippen LogP contribution >= 0.6 is 0 Å². The molecule has 0 amide bonds. The van der Waals surface area contributed by atoms with E-state index in [-0.39, 0.29) is 11.6 Å². The fourth-order valence-corrected chi connectivity index (χ4v) is 2.50. The Hall–Kier alpha value is -2.35. The molecule has 0 saturated carbocycles. The van der Waals surface area contributed by atoms with Gasteiger partial charge in [0.25, 0.3) is 0 Å². The molecule has 0 aromatic heterocycles. The van der Waals surface area contributed by atoms with Gasteiger partial charge in [0.15, 0.2) is 0 Å². The van der Waals surface area contributed by atoms with Gasteiger partial charge < -0.3 is 0 Å². The zero-order valence-electron chi connectivity index (χ0n) is 12.5. The van der Waals surface area contributed by atoms with E-state index in [1.165, 1.54) is 12.1 Å². The topological polar surface area (TPSA) is 0 Å². The molecule has 22 heavy (non-hydrogen) atoms. The van der Waals surface area contributed by atoms with Crippen LogP contribution in [0.2, 0.25) is 0 Å². The first-order valence-corrected chi connectivity index (χ1v) is 7.18. The van der Waals surface area contributed by atoms with Gasteiger partial charge >= 0.3 is 0 Å². The Balaban J connectivity index is 2.03. The lowest BCUT2D eigenvalue weighted by atomic mass is 9.91. The number of hydrogen-bond donors (Lipinski definition) is 0. The summed E-state index contributed by atoms with van der Waals surface area (Å²) in [7, 11) is 3.82. The molecule has 106 valence electrons. The maximum Gasteiger partial charge on any atom is 0.139 e. The molecule has 0 aliphatic rings. The lowest BCUT2D eigenvalue weighted by Gasteiger charge is -2.09. The van der Waals surface area contributed by atoms with Crippen molar-refractivity contribution in [3.63, 3.8) is 0 Å². The second-order valence-electron chi connectivity index (χ2n) is 5.54. The Morgan fingerprint density at radius 1 is 0.545 bits per heavy atom. The van der Waals surface area contributed by atoms with Gasteiger partial charge in [-0.25, -0.2) is 8.78 Å². The van der Waals surface area contributed by atoms with Crippen molar-refractivity contribution in [1.29, 1.82) is 0 Å². The molecule has 3 aromatic carbocycles. The molecule has 0 bridgehead atoms. The summed E-state index contributed by atoms with van der Waals surface area (Å²) in [6, 6.07) is 17.5. The van der Waals surface area contributed by atoms with Crippen molar-refractivity contribution < 1.29 is 8.78 Å². The molecule has 0 N–H and O–H groups in total. The molecule has 3 aromatic rings. The van der Waals surface area contributed by atoms with E-state index in [1.807, 2.05) is 46.0 Å². The van der Waals surface area contributed by atoms with Gasteiger partial charge in [0.2, 0.25) is 0 Å². The summed E-state index contributed by atoms with van der Waals surface area (Å²) in [5.41, 5.74) is 4.28. The molecule has 4 heteroatoms. The van der Waals surface area contributed by atoms with Crippen LogP contribution in [0.25, 0.3) is 22.3 Å². The zero-order chi connectivity index (χ0) is 15.7. The monoisotopic (exact) mass is 290 g/mol. The predicted octanol–water partition coefficient (Wildman–Crippen LogP) is 1.82. The fraction of sp³-hybridized carbons (Fsp3) is 0. The summed E-state index contributed by atoms with van der Waals surface area (Å²) in [6.07, 6.45) is 0. The summed E-state index contributed by atoms with van der Waals surface area (Å²) in [5, 5.41) is 0. The van der Waals surface area contributed by atoms with E-state index in [4.69, 9.17) is 0 Å². The van der Waals surface area contributed by atoms with E-state index in [1.54, 1.807) is 18.2 Å². The van der Waals surface area contributed by atoms with Crippen LogP contribution in [0, 0.1) is 11.6 Å². The van der Waals surface area contributed by atoms with Crippen LogP contribution in [0.3, 0.4) is 0 Å². The lowest BCUT2D eigenvalue weighted by molar-refractivity contribution is 0.627. The minimum atomic E-state index is -0.346. The summed E-state index contributed by atoms with van der Waals surface area (Å²) < 4.78 is 28.4. The van der Waals surface area contributed by atoms with Gasteiger partial charge in [-0.15, -0.1) is 0 Å². The minimum absolute atomic E-state index is 0.331. The summed E-state index contributed by atoms with van der Waals surface area (Å²) in [6.45, 7) is 0. The van der Waals surface area contributed by atoms with Gasteiger partial charge in [0.05, 0.1) is 0 Å². The predicted molar refractivity (Wildman–Crippen MR) is 93.6 cm³/mol. The largest absolute Gasteiger partial charge is 0.206 e. The van der Waals surface area contributed by atoms with Crippen molar-refractivity contribution in [2.75, 3.05) is 0 Å². The molecule has 0 saturated heterocycles. The van der Waals surface area contributed by atoms with E-state index in [9.17, 15) is 8.78 Å². The average Bonchev–Trinajstić information content (AvgIpc) is 2.48. The molecule has 0 aliphatic heterocycles. The van der Waals surface area contributed by atoms with Gasteiger partial charge in [-0.2, -0.15) is 0 Å². The van der Waals surface area contributed by atoms with Crippen LogP contribution in [0.4, 0.5) is 8.78 Å². The van der Waals surface area contributed by atoms with Gasteiger partial charge in [-0.05, 0) is 23.3 Å². The number of hydrogen-bond acceptors (Lipinski definition) is 0. The highest BCUT2D eigenvalue weighted by atomic mass is 19.1. The summed E-state index contributed by atoms with van der Waals surface area (Å²) in [4.78, 5) is 0. The third-order valence-corrected chi connectivity index (χ3v) is 3.77. The van der Waals surface area contributed by atoms with E-state index >= 15 is 0 Å². The van der Waals surface area contributed by atoms with Crippen LogP contribution in [-0.4, -0.2) is 15.7 Å². The number of benzene rings is 3. The molecule has 0 nitrogen and oxygen atoms in total. The van der Waals surface area contributed by atoms with Crippen molar-refractivity contribution >= 4 is 26.6 Å². The van der Waals surface area contributed by atoms with Crippen LogP contribution in [0.5, 0.6) is 0 Å². The lowest BCUT2D eigenvalue weighted by Crippen LogP contribution is -2.03. The molecule has 3 rings (SSSR count). The molecule has 0 atom stereocenters. The van der Waals surface area contributed by atoms with E-state index in [0.717, 1.165) is 16.5 Å². The average molecular weight is 290 g/mol. The molecule has 0 aliphatic carbocycles. The van der Waals surface area contributed by atoms with Crippen LogP contribution < -0.4 is 10.9 Å². The first-order valence-electron chi connectivity index (χ1n) is 7.18. The van der Waals surface area contributed by atoms with Gasteiger partial charge in [-0.1, -0.05) is 59.5 Å². The maximum atomic E-state index is 14.4. The van der Waals surface area contributed by atoms with Gasteiger partial charge in [-0.3, -0.25) is 0 Å². The third-order valence-electron chi connectivity index (χ3n) is 3.77. The molecule has 0 spiro atoms. The Labute approximate surface area is 130 Å². The third kappa shape index (κ3) is 2.82. The molecule has 0 unspecified atom stereocenters. The molecular formula is C18H14B2F2. The van der Waals surface area contributed by atoms with Crippen LogP contribution in [0.15, 0.2) is 60.7 Å². The normalized spacial score (nSPS) is 10.6. The minimum Gasteiger partial charge on any atom is -0.206 e. The smallest absolute Gasteiger partial charge is 0.139 e. The second kappa shape index (κ2) is 5.80. The Morgan fingerprint density at radius 2 is 1.05 bits per heavy atom. The molecule has 0 fully saturated rings. The first kappa shape index (κ1) is 14.6. The van der Waals surface area contributed by atoms with Crippen molar-refractivity contribution in [1.82, 2.24) is 0 Å². The molecular weight excluding hydrogens is 276 g/mol. The van der Waals surface area contributed by atoms with E-state index in [2.05, 4.69) is 0 Å². The maximum absolute atomic E-state index is 14.4. The standard InChI is InChI=1S/C18H14B2F2/c19-13-4-1-11(2-5-13)15-7-3-12(9-17(15)21)16-8-6-14(20)10-18(16)22/h1-10H,19-20H2. The quantitative estimate of drug-likeness (QED) is 0.632.